The summed E-state index contributed by atoms with van der Waals surface area (Å²) in [6.45, 7) is 0. The van der Waals surface area contributed by atoms with Crippen molar-refractivity contribution in [1.82, 2.24) is 0 Å². The molecule has 0 heterocycles. The molecule has 0 aromatic heterocycles. The van der Waals surface area contributed by atoms with Crippen molar-refractivity contribution >= 4 is 28.2 Å². The Kier molecular flexibility index (Phi) is 3.97. The van der Waals surface area contributed by atoms with Crippen LogP contribution in [0.25, 0.3) is 10.8 Å². The molecule has 0 fully saturated rings. The minimum absolute atomic E-state index is 0.164. The second kappa shape index (κ2) is 6.22. The second-order valence-corrected chi connectivity index (χ2v) is 5.04. The molecule has 0 aliphatic heterocycles. The van der Waals surface area contributed by atoms with Crippen LogP contribution in [-0.2, 0) is 4.79 Å². The molecule has 0 unspecified atom stereocenters. The zero-order valence-electron chi connectivity index (χ0n) is 12.0. The highest BCUT2D eigenvalue weighted by molar-refractivity contribution is 6.16. The number of anilines is 1. The Labute approximate surface area is 128 Å². The second-order valence-electron chi connectivity index (χ2n) is 5.04. The standard InChI is InChI=1S/C19H15NO2/c21-18(13-19(22)20-15-9-2-1-3-10-15)17-12-6-8-14-7-4-5-11-16(14)17/h1-12H,13H2,(H,20,22). The van der Waals surface area contributed by atoms with Gasteiger partial charge in [-0.3, -0.25) is 9.59 Å². The smallest absolute Gasteiger partial charge is 0.232 e. The number of Topliss-reactive ketones (excluding diaryl/α,β-unsaturated/α-hetero) is 1. The molecule has 108 valence electrons. The fourth-order valence-electron chi connectivity index (χ4n) is 2.44. The largest absolute Gasteiger partial charge is 0.326 e. The summed E-state index contributed by atoms with van der Waals surface area (Å²) in [5.74, 6) is -0.477. The Hall–Kier alpha value is -2.94. The summed E-state index contributed by atoms with van der Waals surface area (Å²) in [6.07, 6.45) is -0.164. The average Bonchev–Trinajstić information content (AvgIpc) is 2.55. The molecule has 22 heavy (non-hydrogen) atoms. The highest BCUT2D eigenvalue weighted by Gasteiger charge is 2.14. The molecular formula is C19H15NO2. The molecule has 3 nitrogen and oxygen atoms in total. The molecule has 3 heteroatoms. The quantitative estimate of drug-likeness (QED) is 0.581. The minimum atomic E-state index is -0.302. The van der Waals surface area contributed by atoms with E-state index >= 15 is 0 Å². The van der Waals surface area contributed by atoms with E-state index in [0.29, 0.717) is 11.3 Å². The number of para-hydroxylation sites is 1. The summed E-state index contributed by atoms with van der Waals surface area (Å²) in [7, 11) is 0. The van der Waals surface area contributed by atoms with Gasteiger partial charge in [0.2, 0.25) is 5.91 Å². The molecule has 0 radical (unpaired) electrons. The Bertz CT molecular complexity index is 820. The first-order valence-electron chi connectivity index (χ1n) is 7.10. The van der Waals surface area contributed by atoms with E-state index in [4.69, 9.17) is 0 Å². The number of amides is 1. The number of hydrogen-bond donors (Lipinski definition) is 1. The van der Waals surface area contributed by atoms with Crippen molar-refractivity contribution in [3.8, 4) is 0 Å². The van der Waals surface area contributed by atoms with E-state index in [1.165, 1.54) is 0 Å². The number of nitrogens with one attached hydrogen (secondary N) is 1. The predicted octanol–water partition coefficient (Wildman–Crippen LogP) is 4.05. The third-order valence-electron chi connectivity index (χ3n) is 3.47. The number of benzene rings is 3. The fourth-order valence-corrected chi connectivity index (χ4v) is 2.44. The Morgan fingerprint density at radius 2 is 1.45 bits per heavy atom. The summed E-state index contributed by atoms with van der Waals surface area (Å²) < 4.78 is 0. The third kappa shape index (κ3) is 3.04. The topological polar surface area (TPSA) is 46.2 Å². The van der Waals surface area contributed by atoms with Crippen molar-refractivity contribution in [1.29, 1.82) is 0 Å². The van der Waals surface area contributed by atoms with Crippen LogP contribution in [0.1, 0.15) is 16.8 Å². The lowest BCUT2D eigenvalue weighted by Crippen LogP contribution is -2.16. The molecule has 1 amide bonds. The maximum atomic E-state index is 12.4. The molecule has 0 aliphatic rings. The van der Waals surface area contributed by atoms with Gasteiger partial charge in [-0.05, 0) is 22.9 Å². The summed E-state index contributed by atoms with van der Waals surface area (Å²) >= 11 is 0. The maximum absolute atomic E-state index is 12.4. The highest BCUT2D eigenvalue weighted by atomic mass is 16.2. The summed E-state index contributed by atoms with van der Waals surface area (Å²) in [4.78, 5) is 24.4. The highest BCUT2D eigenvalue weighted by Crippen LogP contribution is 2.20. The number of ketones is 1. The molecule has 3 aromatic rings. The van der Waals surface area contributed by atoms with Gasteiger partial charge < -0.3 is 5.32 Å². The van der Waals surface area contributed by atoms with Gasteiger partial charge in [-0.25, -0.2) is 0 Å². The molecule has 1 N–H and O–H groups in total. The molecular weight excluding hydrogens is 274 g/mol. The first-order valence-corrected chi connectivity index (χ1v) is 7.10. The number of fused-ring (bicyclic) bond motifs is 1. The van der Waals surface area contributed by atoms with E-state index < -0.39 is 0 Å². The molecule has 3 rings (SSSR count). The normalized spacial score (nSPS) is 10.4. The maximum Gasteiger partial charge on any atom is 0.232 e. The third-order valence-corrected chi connectivity index (χ3v) is 3.47. The molecule has 3 aromatic carbocycles. The Balaban J connectivity index is 1.77. The van der Waals surface area contributed by atoms with Crippen LogP contribution in [0.15, 0.2) is 72.8 Å². The Morgan fingerprint density at radius 3 is 2.27 bits per heavy atom. The van der Waals surface area contributed by atoms with Gasteiger partial charge in [0.05, 0.1) is 6.42 Å². The molecule has 0 saturated heterocycles. The summed E-state index contributed by atoms with van der Waals surface area (Å²) in [5.41, 5.74) is 1.28. The van der Waals surface area contributed by atoms with Gasteiger partial charge in [0, 0.05) is 11.3 Å². The zero-order valence-corrected chi connectivity index (χ0v) is 12.0. The summed E-state index contributed by atoms with van der Waals surface area (Å²) in [5, 5.41) is 4.61. The van der Waals surface area contributed by atoms with E-state index in [2.05, 4.69) is 5.32 Å². The van der Waals surface area contributed by atoms with Crippen molar-refractivity contribution in [3.63, 3.8) is 0 Å². The van der Waals surface area contributed by atoms with Gasteiger partial charge in [-0.1, -0.05) is 60.7 Å². The van der Waals surface area contributed by atoms with Crippen molar-refractivity contribution in [2.45, 2.75) is 6.42 Å². The minimum Gasteiger partial charge on any atom is -0.326 e. The van der Waals surface area contributed by atoms with E-state index in [0.717, 1.165) is 10.8 Å². The molecule has 0 aliphatic carbocycles. The Morgan fingerprint density at radius 1 is 0.773 bits per heavy atom. The molecule has 0 atom stereocenters. The van der Waals surface area contributed by atoms with Crippen molar-refractivity contribution in [2.24, 2.45) is 0 Å². The lowest BCUT2D eigenvalue weighted by molar-refractivity contribution is -0.115. The van der Waals surface area contributed by atoms with Crippen LogP contribution in [0.2, 0.25) is 0 Å². The van der Waals surface area contributed by atoms with E-state index in [9.17, 15) is 9.59 Å². The van der Waals surface area contributed by atoms with Crippen LogP contribution in [-0.4, -0.2) is 11.7 Å². The number of carbonyl (C=O) groups excluding carboxylic acids is 2. The SMILES string of the molecule is O=C(CC(=O)c1cccc2ccccc12)Nc1ccccc1. The van der Waals surface area contributed by atoms with Crippen molar-refractivity contribution in [2.75, 3.05) is 5.32 Å². The lowest BCUT2D eigenvalue weighted by Gasteiger charge is -2.07. The van der Waals surface area contributed by atoms with Crippen LogP contribution < -0.4 is 5.32 Å². The lowest BCUT2D eigenvalue weighted by atomic mass is 10.00. The van der Waals surface area contributed by atoms with E-state index in [1.54, 1.807) is 18.2 Å². The number of carbonyl (C=O) groups is 2. The van der Waals surface area contributed by atoms with E-state index in [-0.39, 0.29) is 18.1 Å². The van der Waals surface area contributed by atoms with Crippen molar-refractivity contribution < 1.29 is 9.59 Å². The van der Waals surface area contributed by atoms with Gasteiger partial charge in [0.25, 0.3) is 0 Å². The van der Waals surface area contributed by atoms with Gasteiger partial charge in [-0.2, -0.15) is 0 Å². The molecule has 0 saturated carbocycles. The molecule has 0 bridgehead atoms. The van der Waals surface area contributed by atoms with Gasteiger partial charge in [0.1, 0.15) is 0 Å². The van der Waals surface area contributed by atoms with Crippen LogP contribution in [0.5, 0.6) is 0 Å². The van der Waals surface area contributed by atoms with Crippen LogP contribution >= 0.6 is 0 Å². The molecule has 0 spiro atoms. The van der Waals surface area contributed by atoms with E-state index in [1.807, 2.05) is 54.6 Å². The monoisotopic (exact) mass is 289 g/mol. The van der Waals surface area contributed by atoms with Crippen molar-refractivity contribution in [3.05, 3.63) is 78.4 Å². The van der Waals surface area contributed by atoms with Crippen LogP contribution in [0, 0.1) is 0 Å². The first-order chi connectivity index (χ1) is 10.7. The zero-order chi connectivity index (χ0) is 15.4. The van der Waals surface area contributed by atoms with Gasteiger partial charge in [0.15, 0.2) is 5.78 Å². The van der Waals surface area contributed by atoms with Gasteiger partial charge in [-0.15, -0.1) is 0 Å². The average molecular weight is 289 g/mol. The van der Waals surface area contributed by atoms with Crippen LogP contribution in [0.4, 0.5) is 5.69 Å². The van der Waals surface area contributed by atoms with Gasteiger partial charge >= 0.3 is 0 Å². The fraction of sp³-hybridized carbons (Fsp3) is 0.0526. The predicted molar refractivity (Wildman–Crippen MR) is 88.0 cm³/mol. The van der Waals surface area contributed by atoms with Crippen LogP contribution in [0.3, 0.4) is 0 Å². The number of hydrogen-bond acceptors (Lipinski definition) is 2. The summed E-state index contributed by atoms with van der Waals surface area (Å²) in [6, 6.07) is 22.4. The number of rotatable bonds is 4. The first kappa shape index (κ1) is 14.0.